The fourth-order valence-corrected chi connectivity index (χ4v) is 3.71. The summed E-state index contributed by atoms with van der Waals surface area (Å²) in [7, 11) is 6.36. The molecular formula is C15H17BN2. The predicted octanol–water partition coefficient (Wildman–Crippen LogP) is 2.57. The van der Waals surface area contributed by atoms with E-state index in [1.54, 1.807) is 0 Å². The summed E-state index contributed by atoms with van der Waals surface area (Å²) in [5.74, 6) is 0.663. The van der Waals surface area contributed by atoms with E-state index in [4.69, 9.17) is 7.98 Å². The van der Waals surface area contributed by atoms with Gasteiger partial charge in [-0.3, -0.25) is 4.90 Å². The second-order valence-electron chi connectivity index (χ2n) is 5.80. The van der Waals surface area contributed by atoms with Crippen LogP contribution in [0, 0.1) is 6.92 Å². The van der Waals surface area contributed by atoms with E-state index >= 15 is 0 Å². The lowest BCUT2D eigenvalue weighted by atomic mass is 9.93. The molecule has 1 saturated heterocycles. The summed E-state index contributed by atoms with van der Waals surface area (Å²) < 4.78 is 1.96. The highest BCUT2D eigenvalue weighted by Gasteiger charge is 2.31. The summed E-state index contributed by atoms with van der Waals surface area (Å²) in [6.07, 6.45) is 2.53. The molecule has 2 aromatic rings. The van der Waals surface area contributed by atoms with E-state index in [1.807, 2.05) is 4.48 Å². The molecule has 3 heteroatoms. The Morgan fingerprint density at radius 1 is 1.22 bits per heavy atom. The summed E-state index contributed by atoms with van der Waals surface area (Å²) in [4.78, 5) is 2.57. The molecule has 2 bridgehead atoms. The lowest BCUT2D eigenvalue weighted by Crippen LogP contribution is -2.29. The Labute approximate surface area is 109 Å². The third-order valence-electron chi connectivity index (χ3n) is 4.66. The normalized spacial score (nSPS) is 26.3. The highest BCUT2D eigenvalue weighted by molar-refractivity contribution is 6.13. The maximum atomic E-state index is 6.36. The molecule has 4 heterocycles. The van der Waals surface area contributed by atoms with Crippen LogP contribution in [0.2, 0.25) is 0 Å². The van der Waals surface area contributed by atoms with Crippen LogP contribution in [-0.4, -0.2) is 30.4 Å². The van der Waals surface area contributed by atoms with Gasteiger partial charge in [-0.05, 0) is 50.6 Å². The van der Waals surface area contributed by atoms with E-state index in [1.165, 1.54) is 53.7 Å². The number of rotatable bonds is 0. The number of nitrogens with zero attached hydrogens (tertiary/aromatic N) is 2. The minimum Gasteiger partial charge on any atom is -0.400 e. The van der Waals surface area contributed by atoms with E-state index in [0.717, 1.165) is 6.54 Å². The molecule has 1 aromatic carbocycles. The largest absolute Gasteiger partial charge is 0.400 e. The maximum Gasteiger partial charge on any atom is 0.234 e. The van der Waals surface area contributed by atoms with Crippen molar-refractivity contribution in [2.75, 3.05) is 13.1 Å². The second kappa shape index (κ2) is 3.64. The summed E-state index contributed by atoms with van der Waals surface area (Å²) >= 11 is 0. The molecule has 90 valence electrons. The molecule has 0 N–H and O–H groups in total. The van der Waals surface area contributed by atoms with Gasteiger partial charge in [0.25, 0.3) is 0 Å². The lowest BCUT2D eigenvalue weighted by molar-refractivity contribution is 0.220. The van der Waals surface area contributed by atoms with E-state index < -0.39 is 0 Å². The summed E-state index contributed by atoms with van der Waals surface area (Å²) in [5.41, 5.74) is 5.40. The molecule has 0 saturated carbocycles. The van der Waals surface area contributed by atoms with Crippen LogP contribution in [0.3, 0.4) is 0 Å². The number of hydrogen-bond acceptors (Lipinski definition) is 1. The SMILES string of the molecule is [B]n1c2c(c3cc(C)ccc31)CN1CCC2CC1. The molecule has 3 aliphatic heterocycles. The quantitative estimate of drug-likeness (QED) is 0.638. The standard InChI is InChI=1S/C15H17BN2/c1-10-2-3-14-12(8-10)13-9-17-6-4-11(5-7-17)15(13)18(14)16/h2-3,8,11H,4-7,9H2,1H3. The monoisotopic (exact) mass is 236 g/mol. The van der Waals surface area contributed by atoms with Crippen molar-refractivity contribution in [1.29, 1.82) is 0 Å². The first kappa shape index (κ1) is 10.7. The van der Waals surface area contributed by atoms with Crippen molar-refractivity contribution in [1.82, 2.24) is 9.38 Å². The first-order chi connectivity index (χ1) is 8.74. The summed E-state index contributed by atoms with van der Waals surface area (Å²) in [6.45, 7) is 5.70. The van der Waals surface area contributed by atoms with Gasteiger partial charge < -0.3 is 4.48 Å². The Morgan fingerprint density at radius 2 is 2.00 bits per heavy atom. The first-order valence-electron chi connectivity index (χ1n) is 6.85. The Hall–Kier alpha value is -1.22. The fraction of sp³-hybridized carbons (Fsp3) is 0.467. The van der Waals surface area contributed by atoms with Crippen molar-refractivity contribution in [3.05, 3.63) is 35.0 Å². The van der Waals surface area contributed by atoms with Gasteiger partial charge >= 0.3 is 0 Å². The van der Waals surface area contributed by atoms with E-state index in [2.05, 4.69) is 30.0 Å². The number of fused-ring (bicyclic) bond motifs is 3. The Morgan fingerprint density at radius 3 is 2.78 bits per heavy atom. The number of benzene rings is 1. The molecule has 2 radical (unpaired) electrons. The zero-order valence-electron chi connectivity index (χ0n) is 10.8. The molecule has 3 aliphatic rings. The fourth-order valence-electron chi connectivity index (χ4n) is 3.71. The number of piperidine rings is 1. The third kappa shape index (κ3) is 1.34. The van der Waals surface area contributed by atoms with Gasteiger partial charge in [0.1, 0.15) is 0 Å². The van der Waals surface area contributed by atoms with E-state index in [9.17, 15) is 0 Å². The van der Waals surface area contributed by atoms with Gasteiger partial charge in [0, 0.05) is 29.1 Å². The van der Waals surface area contributed by atoms with Gasteiger partial charge in [-0.1, -0.05) is 11.6 Å². The zero-order valence-corrected chi connectivity index (χ0v) is 10.8. The average molecular weight is 236 g/mol. The number of aryl methyl sites for hydroxylation is 1. The van der Waals surface area contributed by atoms with Crippen LogP contribution in [0.4, 0.5) is 0 Å². The highest BCUT2D eigenvalue weighted by Crippen LogP contribution is 2.40. The van der Waals surface area contributed by atoms with Gasteiger partial charge in [-0.15, -0.1) is 0 Å². The van der Waals surface area contributed by atoms with Gasteiger partial charge in [0.15, 0.2) is 0 Å². The van der Waals surface area contributed by atoms with Gasteiger partial charge in [-0.25, -0.2) is 0 Å². The van der Waals surface area contributed by atoms with Crippen molar-refractivity contribution in [2.24, 2.45) is 0 Å². The van der Waals surface area contributed by atoms with Crippen LogP contribution in [0.15, 0.2) is 18.2 Å². The molecule has 0 atom stereocenters. The van der Waals surface area contributed by atoms with Crippen molar-refractivity contribution in [3.8, 4) is 0 Å². The predicted molar refractivity (Wildman–Crippen MR) is 75.1 cm³/mol. The molecule has 0 spiro atoms. The molecule has 0 aliphatic carbocycles. The lowest BCUT2D eigenvalue weighted by Gasteiger charge is -2.27. The van der Waals surface area contributed by atoms with Gasteiger partial charge in [-0.2, -0.15) is 0 Å². The molecule has 0 amide bonds. The maximum absolute atomic E-state index is 6.36. The van der Waals surface area contributed by atoms with Crippen molar-refractivity contribution >= 4 is 18.9 Å². The van der Waals surface area contributed by atoms with Crippen LogP contribution in [0.25, 0.3) is 10.9 Å². The number of aromatic nitrogens is 1. The van der Waals surface area contributed by atoms with Crippen molar-refractivity contribution < 1.29 is 0 Å². The zero-order chi connectivity index (χ0) is 12.3. The number of hydrogen-bond donors (Lipinski definition) is 0. The molecule has 1 fully saturated rings. The summed E-state index contributed by atoms with van der Waals surface area (Å²) in [5, 5.41) is 1.37. The molecule has 2 nitrogen and oxygen atoms in total. The second-order valence-corrected chi connectivity index (χ2v) is 5.80. The van der Waals surface area contributed by atoms with Crippen LogP contribution in [0.1, 0.15) is 35.6 Å². The van der Waals surface area contributed by atoms with Crippen molar-refractivity contribution in [2.45, 2.75) is 32.2 Å². The van der Waals surface area contributed by atoms with Crippen LogP contribution in [-0.2, 0) is 6.54 Å². The van der Waals surface area contributed by atoms with Gasteiger partial charge in [0.2, 0.25) is 7.98 Å². The highest BCUT2D eigenvalue weighted by atomic mass is 15.1. The minimum absolute atomic E-state index is 0.663. The average Bonchev–Trinajstić information content (AvgIpc) is 2.57. The first-order valence-corrected chi connectivity index (χ1v) is 6.85. The van der Waals surface area contributed by atoms with E-state index in [-0.39, 0.29) is 0 Å². The molecular weight excluding hydrogens is 219 g/mol. The molecule has 0 unspecified atom stereocenters. The molecule has 18 heavy (non-hydrogen) atoms. The van der Waals surface area contributed by atoms with Crippen LogP contribution >= 0.6 is 0 Å². The van der Waals surface area contributed by atoms with Crippen molar-refractivity contribution in [3.63, 3.8) is 0 Å². The molecule has 5 rings (SSSR count). The Balaban J connectivity index is 2.05. The smallest absolute Gasteiger partial charge is 0.234 e. The Bertz CT molecular complexity index is 621. The van der Waals surface area contributed by atoms with E-state index in [0.29, 0.717) is 5.92 Å². The minimum atomic E-state index is 0.663. The van der Waals surface area contributed by atoms with Gasteiger partial charge in [0.05, 0.1) is 0 Å². The third-order valence-corrected chi connectivity index (χ3v) is 4.66. The summed E-state index contributed by atoms with van der Waals surface area (Å²) in [6, 6.07) is 6.62. The van der Waals surface area contributed by atoms with Crippen LogP contribution in [0.5, 0.6) is 0 Å². The molecule has 1 aromatic heterocycles. The topological polar surface area (TPSA) is 8.17 Å². The van der Waals surface area contributed by atoms with Crippen LogP contribution < -0.4 is 0 Å². The Kier molecular flexibility index (Phi) is 2.16.